The molecule has 0 aliphatic carbocycles. The third kappa shape index (κ3) is 4.79. The van der Waals surface area contributed by atoms with E-state index in [0.717, 1.165) is 51.7 Å². The van der Waals surface area contributed by atoms with Crippen molar-refractivity contribution in [3.05, 3.63) is 104 Å². The first-order chi connectivity index (χ1) is 17.6. The Bertz CT molecular complexity index is 1520. The Labute approximate surface area is 221 Å². The fraction of sp³-hybridized carbons (Fsp3) is 0.185. The van der Waals surface area contributed by atoms with Gasteiger partial charge in [-0.3, -0.25) is 9.13 Å². The number of halogens is 2. The highest BCUT2D eigenvalue weighted by Crippen LogP contribution is 2.30. The number of nitrogens with one attached hydrogen (secondary N) is 1. The molecule has 0 spiro atoms. The summed E-state index contributed by atoms with van der Waals surface area (Å²) in [6.07, 6.45) is 4.78. The second-order valence-electron chi connectivity index (χ2n) is 8.53. The minimum Gasteiger partial charge on any atom is -0.292 e. The summed E-state index contributed by atoms with van der Waals surface area (Å²) in [6.45, 7) is 2.62. The van der Waals surface area contributed by atoms with Crippen LogP contribution in [0.3, 0.4) is 0 Å². The third-order valence-electron chi connectivity index (χ3n) is 6.16. The number of aromatic nitrogens is 6. The first-order valence-corrected chi connectivity index (χ1v) is 12.9. The Morgan fingerprint density at radius 2 is 1.78 bits per heavy atom. The predicted octanol–water partition coefficient (Wildman–Crippen LogP) is 6.29. The number of aryl methyl sites for hydroxylation is 1. The molecule has 7 nitrogen and oxygen atoms in total. The van der Waals surface area contributed by atoms with Gasteiger partial charge in [0.2, 0.25) is 0 Å². The highest BCUT2D eigenvalue weighted by Gasteiger charge is 2.17. The lowest BCUT2D eigenvalue weighted by atomic mass is 9.98. The fourth-order valence-corrected chi connectivity index (χ4v) is 5.26. The van der Waals surface area contributed by atoms with E-state index in [0.29, 0.717) is 23.1 Å². The largest absolute Gasteiger partial charge is 0.333 e. The summed E-state index contributed by atoms with van der Waals surface area (Å²) in [5, 5.41) is 14.8. The fourth-order valence-electron chi connectivity index (χ4n) is 4.32. The van der Waals surface area contributed by atoms with Crippen LogP contribution in [0.2, 0.25) is 5.02 Å². The van der Waals surface area contributed by atoms with Gasteiger partial charge in [-0.1, -0.05) is 79.5 Å². The quantitative estimate of drug-likeness (QED) is 0.240. The van der Waals surface area contributed by atoms with Crippen LogP contribution in [0.5, 0.6) is 0 Å². The lowest BCUT2D eigenvalue weighted by Crippen LogP contribution is -2.25. The number of tetrazole rings is 1. The number of nitrogens with zero attached hydrogens (tertiary/aromatic N) is 5. The van der Waals surface area contributed by atoms with Gasteiger partial charge in [-0.05, 0) is 68.0 Å². The van der Waals surface area contributed by atoms with Gasteiger partial charge in [0, 0.05) is 21.9 Å². The van der Waals surface area contributed by atoms with E-state index < -0.39 is 0 Å². The molecule has 0 saturated heterocycles. The van der Waals surface area contributed by atoms with E-state index in [4.69, 9.17) is 11.6 Å². The van der Waals surface area contributed by atoms with Crippen LogP contribution in [0.25, 0.3) is 28.2 Å². The van der Waals surface area contributed by atoms with Crippen molar-refractivity contribution in [3.8, 4) is 28.2 Å². The maximum absolute atomic E-state index is 13.6. The van der Waals surface area contributed by atoms with Crippen molar-refractivity contribution < 1.29 is 0 Å². The number of rotatable bonds is 8. The first kappa shape index (κ1) is 24.2. The molecule has 3 aromatic carbocycles. The summed E-state index contributed by atoms with van der Waals surface area (Å²) >= 11 is 10.0. The molecule has 182 valence electrons. The number of aromatic amines is 1. The first-order valence-electron chi connectivity index (χ1n) is 11.7. The Morgan fingerprint density at radius 1 is 1.00 bits per heavy atom. The van der Waals surface area contributed by atoms with Crippen molar-refractivity contribution in [2.24, 2.45) is 0 Å². The number of hydrogen-bond acceptors (Lipinski definition) is 4. The minimum atomic E-state index is -0.109. The van der Waals surface area contributed by atoms with Crippen molar-refractivity contribution in [2.75, 3.05) is 0 Å². The summed E-state index contributed by atoms with van der Waals surface area (Å²) in [5.41, 5.74) is 5.57. The summed E-state index contributed by atoms with van der Waals surface area (Å²) in [7, 11) is 0. The van der Waals surface area contributed by atoms with Gasteiger partial charge in [-0.25, -0.2) is 9.89 Å². The second kappa shape index (κ2) is 10.6. The summed E-state index contributed by atoms with van der Waals surface area (Å²) in [5.74, 6) is 0.619. The third-order valence-corrected chi connectivity index (χ3v) is 7.10. The summed E-state index contributed by atoms with van der Waals surface area (Å²) in [4.78, 5) is 13.6. The zero-order chi connectivity index (χ0) is 25.1. The van der Waals surface area contributed by atoms with E-state index in [-0.39, 0.29) is 5.69 Å². The lowest BCUT2D eigenvalue weighted by molar-refractivity contribution is 0.674. The van der Waals surface area contributed by atoms with E-state index in [1.807, 2.05) is 47.2 Å². The van der Waals surface area contributed by atoms with Gasteiger partial charge >= 0.3 is 5.69 Å². The van der Waals surface area contributed by atoms with Crippen molar-refractivity contribution in [1.29, 1.82) is 0 Å². The highest BCUT2D eigenvalue weighted by atomic mass is 79.9. The van der Waals surface area contributed by atoms with E-state index >= 15 is 0 Å². The topological polar surface area (TPSA) is 81.4 Å². The molecule has 5 rings (SSSR count). The van der Waals surface area contributed by atoms with Gasteiger partial charge in [0.25, 0.3) is 0 Å². The van der Waals surface area contributed by atoms with Crippen LogP contribution in [0, 0.1) is 0 Å². The molecule has 2 aromatic heterocycles. The van der Waals surface area contributed by atoms with Crippen LogP contribution in [-0.4, -0.2) is 29.8 Å². The van der Waals surface area contributed by atoms with Crippen LogP contribution in [0.4, 0.5) is 0 Å². The number of H-pyrrole nitrogens is 1. The molecule has 0 aliphatic heterocycles. The van der Waals surface area contributed by atoms with Crippen LogP contribution in [-0.2, 0) is 13.0 Å². The molecule has 0 atom stereocenters. The van der Waals surface area contributed by atoms with Gasteiger partial charge in [-0.15, -0.1) is 5.10 Å². The Balaban J connectivity index is 1.49. The molecule has 36 heavy (non-hydrogen) atoms. The summed E-state index contributed by atoms with van der Waals surface area (Å²) < 4.78 is 4.27. The van der Waals surface area contributed by atoms with Gasteiger partial charge in [-0.2, -0.15) is 0 Å². The molecular formula is C27H24BrClN6O. The maximum atomic E-state index is 13.6. The van der Waals surface area contributed by atoms with Gasteiger partial charge in [0.05, 0.1) is 17.3 Å². The molecule has 0 amide bonds. The van der Waals surface area contributed by atoms with E-state index in [1.54, 1.807) is 10.6 Å². The normalized spacial score (nSPS) is 11.2. The Hall–Kier alpha value is -3.49. The van der Waals surface area contributed by atoms with Crippen LogP contribution in [0.15, 0.2) is 82.2 Å². The number of benzene rings is 3. The molecule has 5 aromatic rings. The van der Waals surface area contributed by atoms with Crippen LogP contribution >= 0.6 is 27.5 Å². The average Bonchev–Trinajstić information content (AvgIpc) is 3.53. The molecule has 1 N–H and O–H groups in total. The molecule has 0 unspecified atom stereocenters. The molecule has 0 radical (unpaired) electrons. The number of hydrogen-bond donors (Lipinski definition) is 1. The zero-order valence-electron chi connectivity index (χ0n) is 19.7. The highest BCUT2D eigenvalue weighted by molar-refractivity contribution is 9.10. The van der Waals surface area contributed by atoms with E-state index in [1.165, 1.54) is 0 Å². The Morgan fingerprint density at radius 3 is 2.47 bits per heavy atom. The van der Waals surface area contributed by atoms with E-state index in [9.17, 15) is 4.79 Å². The van der Waals surface area contributed by atoms with Crippen LogP contribution < -0.4 is 5.69 Å². The van der Waals surface area contributed by atoms with Gasteiger partial charge < -0.3 is 0 Å². The standard InChI is InChI=1S/C27H24BrClN6O/c1-2-3-7-20-17-35(25-23(28)10-6-11-24(25)29)27(36)34(20)16-18-12-14-19(15-13-18)21-8-4-5-9-22(21)26-30-32-33-31-26/h4-6,8-15,17H,2-3,7,16H2,1H3,(H,30,31,32,33). The monoisotopic (exact) mass is 562 g/mol. The smallest absolute Gasteiger partial charge is 0.292 e. The van der Waals surface area contributed by atoms with Crippen molar-refractivity contribution in [1.82, 2.24) is 29.8 Å². The molecular weight excluding hydrogens is 540 g/mol. The maximum Gasteiger partial charge on any atom is 0.333 e. The SMILES string of the molecule is CCCCc1cn(-c2c(Cl)cccc2Br)c(=O)n1Cc1ccc(-c2ccccc2-c2nnn[nH]2)cc1. The number of imidazole rings is 1. The lowest BCUT2D eigenvalue weighted by Gasteiger charge is -2.10. The van der Waals surface area contributed by atoms with Gasteiger partial charge in [0.1, 0.15) is 0 Å². The molecule has 0 aliphatic rings. The molecule has 0 bridgehead atoms. The zero-order valence-corrected chi connectivity index (χ0v) is 22.0. The molecule has 9 heteroatoms. The van der Waals surface area contributed by atoms with E-state index in [2.05, 4.69) is 67.7 Å². The second-order valence-corrected chi connectivity index (χ2v) is 9.79. The number of para-hydroxylation sites is 1. The van der Waals surface area contributed by atoms with Crippen LogP contribution in [0.1, 0.15) is 31.0 Å². The molecule has 0 saturated carbocycles. The molecule has 2 heterocycles. The average molecular weight is 564 g/mol. The minimum absolute atomic E-state index is 0.109. The van der Waals surface area contributed by atoms with Crippen molar-refractivity contribution >= 4 is 27.5 Å². The summed E-state index contributed by atoms with van der Waals surface area (Å²) in [6, 6.07) is 21.8. The van der Waals surface area contributed by atoms with Crippen molar-refractivity contribution in [2.45, 2.75) is 32.7 Å². The predicted molar refractivity (Wildman–Crippen MR) is 146 cm³/mol. The molecule has 0 fully saturated rings. The van der Waals surface area contributed by atoms with Gasteiger partial charge in [0.15, 0.2) is 5.82 Å². The number of unbranched alkanes of at least 4 members (excludes halogenated alkanes) is 1. The Kier molecular flexibility index (Phi) is 7.16. The van der Waals surface area contributed by atoms with Crippen molar-refractivity contribution in [3.63, 3.8) is 0 Å².